The van der Waals surface area contributed by atoms with Gasteiger partial charge in [-0.2, -0.15) is 18.2 Å². The first-order valence-electron chi connectivity index (χ1n) is 7.71. The largest absolute Gasteiger partial charge is 0.465 e. The standard InChI is InChI=1S/C14H18F3N5O2/c1-9-2-3-22(9)12-18-10(14(15,16)17)8-11(19-12)20-4-6-21(7-5-20)13(23)24/h8-9H,2-7H2,1H3,(H,23,24)/t9-/m0/s1. The van der Waals surface area contributed by atoms with Gasteiger partial charge in [-0.05, 0) is 13.3 Å². The molecule has 1 aromatic rings. The molecule has 2 fully saturated rings. The molecule has 0 aliphatic carbocycles. The van der Waals surface area contributed by atoms with Gasteiger partial charge in [-0.3, -0.25) is 0 Å². The van der Waals surface area contributed by atoms with Crippen molar-refractivity contribution in [2.45, 2.75) is 25.6 Å². The van der Waals surface area contributed by atoms with Crippen molar-refractivity contribution >= 4 is 17.9 Å². The lowest BCUT2D eigenvalue weighted by Gasteiger charge is -2.40. The topological polar surface area (TPSA) is 72.8 Å². The number of piperazine rings is 1. The predicted octanol–water partition coefficient (Wildman–Crippen LogP) is 1.89. The number of hydrogen-bond donors (Lipinski definition) is 1. The molecule has 2 aliphatic heterocycles. The maximum absolute atomic E-state index is 13.2. The highest BCUT2D eigenvalue weighted by Crippen LogP contribution is 2.33. The number of aromatic nitrogens is 2. The van der Waals surface area contributed by atoms with E-state index >= 15 is 0 Å². The molecule has 0 unspecified atom stereocenters. The molecule has 3 rings (SSSR count). The van der Waals surface area contributed by atoms with Crippen molar-refractivity contribution in [3.05, 3.63) is 11.8 Å². The van der Waals surface area contributed by atoms with Crippen molar-refractivity contribution in [2.24, 2.45) is 0 Å². The Morgan fingerprint density at radius 1 is 1.21 bits per heavy atom. The van der Waals surface area contributed by atoms with Gasteiger partial charge in [0.15, 0.2) is 5.69 Å². The summed E-state index contributed by atoms with van der Waals surface area (Å²) >= 11 is 0. The lowest BCUT2D eigenvalue weighted by Crippen LogP contribution is -2.49. The second-order valence-corrected chi connectivity index (χ2v) is 6.00. The Balaban J connectivity index is 1.87. The maximum atomic E-state index is 13.2. The second-order valence-electron chi connectivity index (χ2n) is 6.00. The second kappa shape index (κ2) is 5.99. The van der Waals surface area contributed by atoms with E-state index in [1.807, 2.05) is 6.92 Å². The van der Waals surface area contributed by atoms with E-state index in [2.05, 4.69) is 9.97 Å². The minimum Gasteiger partial charge on any atom is -0.465 e. The summed E-state index contributed by atoms with van der Waals surface area (Å²) in [5.74, 6) is 0.274. The summed E-state index contributed by atoms with van der Waals surface area (Å²) in [6.45, 7) is 3.62. The van der Waals surface area contributed by atoms with E-state index in [0.717, 1.165) is 12.5 Å². The van der Waals surface area contributed by atoms with Gasteiger partial charge in [0.05, 0.1) is 0 Å². The molecule has 0 bridgehead atoms. The molecule has 0 saturated carbocycles. The van der Waals surface area contributed by atoms with E-state index in [1.54, 1.807) is 9.80 Å². The average Bonchev–Trinajstić information content (AvgIpc) is 2.52. The van der Waals surface area contributed by atoms with Gasteiger partial charge in [-0.15, -0.1) is 0 Å². The van der Waals surface area contributed by atoms with Crippen LogP contribution in [-0.2, 0) is 6.18 Å². The summed E-state index contributed by atoms with van der Waals surface area (Å²) in [5.41, 5.74) is -0.970. The molecule has 0 spiro atoms. The number of amides is 1. The van der Waals surface area contributed by atoms with Crippen LogP contribution in [-0.4, -0.2) is 64.8 Å². The monoisotopic (exact) mass is 345 g/mol. The van der Waals surface area contributed by atoms with Crippen LogP contribution in [0.4, 0.5) is 29.7 Å². The molecule has 0 radical (unpaired) electrons. The fourth-order valence-electron chi connectivity index (χ4n) is 2.80. The lowest BCUT2D eigenvalue weighted by atomic mass is 10.1. The molecule has 2 aliphatic rings. The zero-order valence-electron chi connectivity index (χ0n) is 13.1. The third-order valence-corrected chi connectivity index (χ3v) is 4.44. The van der Waals surface area contributed by atoms with Crippen LogP contribution in [0, 0.1) is 0 Å². The maximum Gasteiger partial charge on any atom is 0.433 e. The molecule has 1 N–H and O–H groups in total. The number of carboxylic acid groups (broad SMARTS) is 1. The first kappa shape index (κ1) is 16.6. The highest BCUT2D eigenvalue weighted by molar-refractivity contribution is 5.65. The predicted molar refractivity (Wildman–Crippen MR) is 80.3 cm³/mol. The van der Waals surface area contributed by atoms with Crippen LogP contribution in [0.15, 0.2) is 6.07 Å². The molecular weight excluding hydrogens is 327 g/mol. The minimum absolute atomic E-state index is 0.0826. The van der Waals surface area contributed by atoms with Crippen LogP contribution in [0.1, 0.15) is 19.0 Å². The number of anilines is 2. The number of hydrogen-bond acceptors (Lipinski definition) is 5. The molecule has 7 nitrogen and oxygen atoms in total. The Morgan fingerprint density at radius 2 is 1.88 bits per heavy atom. The molecule has 24 heavy (non-hydrogen) atoms. The van der Waals surface area contributed by atoms with E-state index in [-0.39, 0.29) is 30.9 Å². The van der Waals surface area contributed by atoms with Gasteiger partial charge in [0.1, 0.15) is 5.82 Å². The first-order valence-corrected chi connectivity index (χ1v) is 7.71. The molecule has 1 amide bonds. The van der Waals surface area contributed by atoms with E-state index in [4.69, 9.17) is 5.11 Å². The SMILES string of the molecule is C[C@H]1CCN1c1nc(N2CCN(C(=O)O)CC2)cc(C(F)(F)F)n1. The third kappa shape index (κ3) is 3.17. The third-order valence-electron chi connectivity index (χ3n) is 4.44. The minimum atomic E-state index is -4.55. The summed E-state index contributed by atoms with van der Waals surface area (Å²) in [6, 6.07) is 1.05. The fraction of sp³-hybridized carbons (Fsp3) is 0.643. The van der Waals surface area contributed by atoms with Crippen LogP contribution in [0.25, 0.3) is 0 Å². The molecule has 1 atom stereocenters. The van der Waals surface area contributed by atoms with Crippen molar-refractivity contribution in [3.8, 4) is 0 Å². The summed E-state index contributed by atoms with van der Waals surface area (Å²) in [7, 11) is 0. The Hall–Kier alpha value is -2.26. The van der Waals surface area contributed by atoms with E-state index in [9.17, 15) is 18.0 Å². The van der Waals surface area contributed by atoms with Crippen molar-refractivity contribution in [1.82, 2.24) is 14.9 Å². The molecule has 1 aromatic heterocycles. The van der Waals surface area contributed by atoms with E-state index in [1.165, 1.54) is 4.90 Å². The van der Waals surface area contributed by atoms with Crippen LogP contribution in [0.3, 0.4) is 0 Å². The van der Waals surface area contributed by atoms with Crippen LogP contribution < -0.4 is 9.80 Å². The Kier molecular flexibility index (Phi) is 4.14. The van der Waals surface area contributed by atoms with Crippen molar-refractivity contribution in [1.29, 1.82) is 0 Å². The van der Waals surface area contributed by atoms with E-state index < -0.39 is 18.0 Å². The summed E-state index contributed by atoms with van der Waals surface area (Å²) in [4.78, 5) is 23.5. The van der Waals surface area contributed by atoms with Crippen LogP contribution >= 0.6 is 0 Å². The number of carbonyl (C=O) groups is 1. The highest BCUT2D eigenvalue weighted by atomic mass is 19.4. The van der Waals surface area contributed by atoms with Gasteiger partial charge in [0.25, 0.3) is 0 Å². The van der Waals surface area contributed by atoms with Gasteiger partial charge in [0, 0.05) is 44.8 Å². The number of nitrogens with zero attached hydrogens (tertiary/aromatic N) is 5. The molecular formula is C14H18F3N5O2. The first-order chi connectivity index (χ1) is 11.3. The van der Waals surface area contributed by atoms with Gasteiger partial charge in [-0.25, -0.2) is 9.78 Å². The average molecular weight is 345 g/mol. The summed E-state index contributed by atoms with van der Waals surface area (Å²) in [6.07, 6.45) is -4.68. The molecule has 3 heterocycles. The zero-order valence-corrected chi connectivity index (χ0v) is 13.1. The molecule has 10 heteroatoms. The van der Waals surface area contributed by atoms with Crippen molar-refractivity contribution in [2.75, 3.05) is 42.5 Å². The smallest absolute Gasteiger partial charge is 0.433 e. The van der Waals surface area contributed by atoms with E-state index in [0.29, 0.717) is 19.6 Å². The van der Waals surface area contributed by atoms with Crippen molar-refractivity contribution < 1.29 is 23.1 Å². The molecule has 2 saturated heterocycles. The highest BCUT2D eigenvalue weighted by Gasteiger charge is 2.36. The van der Waals surface area contributed by atoms with Crippen LogP contribution in [0.2, 0.25) is 0 Å². The number of alkyl halides is 3. The summed E-state index contributed by atoms with van der Waals surface area (Å²) < 4.78 is 39.5. The number of halogens is 3. The van der Waals surface area contributed by atoms with Gasteiger partial charge >= 0.3 is 12.3 Å². The normalized spacial score (nSPS) is 21.7. The Labute approximate surface area is 136 Å². The van der Waals surface area contributed by atoms with Gasteiger partial charge in [0.2, 0.25) is 5.95 Å². The Bertz CT molecular complexity index is 631. The van der Waals surface area contributed by atoms with Crippen LogP contribution in [0.5, 0.6) is 0 Å². The summed E-state index contributed by atoms with van der Waals surface area (Å²) in [5, 5.41) is 8.96. The lowest BCUT2D eigenvalue weighted by molar-refractivity contribution is -0.141. The molecule has 132 valence electrons. The van der Waals surface area contributed by atoms with Gasteiger partial charge in [-0.1, -0.05) is 0 Å². The van der Waals surface area contributed by atoms with Gasteiger partial charge < -0.3 is 19.8 Å². The number of rotatable bonds is 2. The zero-order chi connectivity index (χ0) is 17.5. The molecule has 0 aromatic carbocycles. The quantitative estimate of drug-likeness (QED) is 0.883. The van der Waals surface area contributed by atoms with Crippen molar-refractivity contribution in [3.63, 3.8) is 0 Å². The Morgan fingerprint density at radius 3 is 2.33 bits per heavy atom. The fourth-order valence-corrected chi connectivity index (χ4v) is 2.80.